The van der Waals surface area contributed by atoms with Gasteiger partial charge in [0.2, 0.25) is 10.0 Å². The number of amides is 1. The van der Waals surface area contributed by atoms with Crippen LogP contribution in [0.1, 0.15) is 17.3 Å². The molecule has 0 aliphatic carbocycles. The van der Waals surface area contributed by atoms with Gasteiger partial charge in [-0.3, -0.25) is 4.79 Å². The smallest absolute Gasteiger partial charge is 0.255 e. The second-order valence-corrected chi connectivity index (χ2v) is 9.49. The Hall–Kier alpha value is -4.08. The molecule has 4 rings (SSSR count). The van der Waals surface area contributed by atoms with Crippen molar-refractivity contribution in [3.8, 4) is 28.4 Å². The van der Waals surface area contributed by atoms with Gasteiger partial charge in [0.05, 0.1) is 25.7 Å². The van der Waals surface area contributed by atoms with E-state index in [1.165, 1.54) is 24.3 Å². The number of anilines is 1. The van der Waals surface area contributed by atoms with Crippen molar-refractivity contribution in [3.63, 3.8) is 0 Å². The SMILES string of the molecule is CCOc1ccc(-c2cc(C(=O)Nc3ccc(S(N)(=O)=O)cc3)cc3cc(OC)c(OC)cc23)cc1. The van der Waals surface area contributed by atoms with Gasteiger partial charge in [-0.05, 0) is 89.5 Å². The summed E-state index contributed by atoms with van der Waals surface area (Å²) in [6.07, 6.45) is 0. The minimum Gasteiger partial charge on any atom is -0.494 e. The molecule has 3 N–H and O–H groups in total. The Morgan fingerprint density at radius 1 is 0.889 bits per heavy atom. The number of carbonyl (C=O) groups excluding carboxylic acids is 1. The molecule has 0 bridgehead atoms. The van der Waals surface area contributed by atoms with E-state index in [0.717, 1.165) is 27.6 Å². The Morgan fingerprint density at radius 2 is 1.53 bits per heavy atom. The van der Waals surface area contributed by atoms with Crippen LogP contribution in [-0.2, 0) is 10.0 Å². The van der Waals surface area contributed by atoms with Gasteiger partial charge in [-0.2, -0.15) is 0 Å². The van der Waals surface area contributed by atoms with Crippen molar-refractivity contribution in [1.82, 2.24) is 0 Å². The average molecular weight is 507 g/mol. The fraction of sp³-hybridized carbons (Fsp3) is 0.148. The number of carbonyl (C=O) groups is 1. The van der Waals surface area contributed by atoms with Gasteiger partial charge >= 0.3 is 0 Å². The molecule has 0 unspecified atom stereocenters. The van der Waals surface area contributed by atoms with Gasteiger partial charge in [-0.25, -0.2) is 13.6 Å². The van der Waals surface area contributed by atoms with Gasteiger partial charge in [0, 0.05) is 11.3 Å². The maximum Gasteiger partial charge on any atom is 0.255 e. The molecule has 0 fully saturated rings. The lowest BCUT2D eigenvalue weighted by Crippen LogP contribution is -2.14. The summed E-state index contributed by atoms with van der Waals surface area (Å²) in [6, 6.07) is 20.6. The van der Waals surface area contributed by atoms with E-state index in [-0.39, 0.29) is 10.8 Å². The van der Waals surface area contributed by atoms with Gasteiger partial charge in [0.1, 0.15) is 5.75 Å². The van der Waals surface area contributed by atoms with Crippen LogP contribution in [0.2, 0.25) is 0 Å². The zero-order valence-electron chi connectivity index (χ0n) is 20.1. The first-order valence-electron chi connectivity index (χ1n) is 11.1. The predicted octanol–water partition coefficient (Wildman–Crippen LogP) is 4.82. The van der Waals surface area contributed by atoms with Crippen molar-refractivity contribution in [3.05, 3.63) is 78.4 Å². The van der Waals surface area contributed by atoms with Crippen molar-refractivity contribution in [2.75, 3.05) is 26.1 Å². The van der Waals surface area contributed by atoms with E-state index in [1.54, 1.807) is 26.4 Å². The summed E-state index contributed by atoms with van der Waals surface area (Å²) in [6.45, 7) is 2.48. The van der Waals surface area contributed by atoms with Crippen LogP contribution in [-0.4, -0.2) is 35.2 Å². The van der Waals surface area contributed by atoms with Gasteiger partial charge < -0.3 is 19.5 Å². The third-order valence-corrected chi connectivity index (χ3v) is 6.57. The molecule has 186 valence electrons. The summed E-state index contributed by atoms with van der Waals surface area (Å²) in [5, 5.41) is 9.63. The normalized spacial score (nSPS) is 11.2. The predicted molar refractivity (Wildman–Crippen MR) is 139 cm³/mol. The summed E-state index contributed by atoms with van der Waals surface area (Å²) in [4.78, 5) is 13.2. The largest absolute Gasteiger partial charge is 0.494 e. The Kier molecular flexibility index (Phi) is 7.14. The first-order valence-corrected chi connectivity index (χ1v) is 12.7. The number of fused-ring (bicyclic) bond motifs is 1. The van der Waals surface area contributed by atoms with Crippen LogP contribution in [0, 0.1) is 0 Å². The van der Waals surface area contributed by atoms with Crippen LogP contribution < -0.4 is 24.7 Å². The molecule has 0 aliphatic heterocycles. The highest BCUT2D eigenvalue weighted by molar-refractivity contribution is 7.89. The molecular weight excluding hydrogens is 480 g/mol. The quantitative estimate of drug-likeness (QED) is 0.354. The van der Waals surface area contributed by atoms with Gasteiger partial charge in [-0.1, -0.05) is 12.1 Å². The van der Waals surface area contributed by atoms with E-state index in [2.05, 4.69) is 5.32 Å². The summed E-state index contributed by atoms with van der Waals surface area (Å²) in [5.74, 6) is 1.51. The lowest BCUT2D eigenvalue weighted by Gasteiger charge is -2.15. The third-order valence-electron chi connectivity index (χ3n) is 5.64. The lowest BCUT2D eigenvalue weighted by atomic mass is 9.94. The maximum atomic E-state index is 13.2. The van der Waals surface area contributed by atoms with Crippen molar-refractivity contribution in [1.29, 1.82) is 0 Å². The molecule has 0 saturated carbocycles. The van der Waals surface area contributed by atoms with E-state index in [0.29, 0.717) is 29.4 Å². The summed E-state index contributed by atoms with van der Waals surface area (Å²) in [7, 11) is -0.697. The minimum atomic E-state index is -3.82. The zero-order valence-corrected chi connectivity index (χ0v) is 20.9. The Balaban J connectivity index is 1.79. The molecule has 0 aliphatic rings. The minimum absolute atomic E-state index is 0.0370. The number of nitrogens with two attached hydrogens (primary N) is 1. The molecule has 0 spiro atoms. The highest BCUT2D eigenvalue weighted by atomic mass is 32.2. The van der Waals surface area contributed by atoms with E-state index < -0.39 is 10.0 Å². The number of benzene rings is 4. The first-order chi connectivity index (χ1) is 17.2. The topological polar surface area (TPSA) is 117 Å². The second kappa shape index (κ2) is 10.3. The summed E-state index contributed by atoms with van der Waals surface area (Å²) in [5.41, 5.74) is 2.56. The first kappa shape index (κ1) is 25.0. The van der Waals surface area contributed by atoms with Crippen LogP contribution in [0.25, 0.3) is 21.9 Å². The molecule has 8 nitrogen and oxygen atoms in total. The highest BCUT2D eigenvalue weighted by Gasteiger charge is 2.16. The van der Waals surface area contributed by atoms with Crippen molar-refractivity contribution < 1.29 is 27.4 Å². The monoisotopic (exact) mass is 506 g/mol. The number of sulfonamides is 1. The van der Waals surface area contributed by atoms with Crippen LogP contribution >= 0.6 is 0 Å². The number of hydrogen-bond acceptors (Lipinski definition) is 6. The summed E-state index contributed by atoms with van der Waals surface area (Å²) >= 11 is 0. The standard InChI is InChI=1S/C27H26N2O6S/c1-4-35-21-9-5-17(6-10-21)23-14-19(13-18-15-25(33-2)26(34-3)16-24(18)23)27(30)29-20-7-11-22(12-8-20)36(28,31)32/h5-16H,4H2,1-3H3,(H,29,30)(H2,28,31,32). The van der Waals surface area contributed by atoms with Crippen molar-refractivity contribution in [2.45, 2.75) is 11.8 Å². The Bertz CT molecular complexity index is 1520. The van der Waals surface area contributed by atoms with Crippen LogP contribution in [0.5, 0.6) is 17.2 Å². The molecule has 0 radical (unpaired) electrons. The average Bonchev–Trinajstić information content (AvgIpc) is 2.87. The zero-order chi connectivity index (χ0) is 25.9. The molecule has 4 aromatic rings. The number of hydrogen-bond donors (Lipinski definition) is 2. The second-order valence-electron chi connectivity index (χ2n) is 7.93. The molecule has 1 amide bonds. The number of nitrogens with one attached hydrogen (secondary N) is 1. The fourth-order valence-electron chi connectivity index (χ4n) is 3.89. The lowest BCUT2D eigenvalue weighted by molar-refractivity contribution is 0.102. The van der Waals surface area contributed by atoms with Gasteiger partial charge in [-0.15, -0.1) is 0 Å². The Labute approximate surface area is 209 Å². The van der Waals surface area contributed by atoms with Crippen LogP contribution in [0.4, 0.5) is 5.69 Å². The van der Waals surface area contributed by atoms with E-state index in [9.17, 15) is 13.2 Å². The molecule has 4 aromatic carbocycles. The maximum absolute atomic E-state index is 13.2. The molecular formula is C27H26N2O6S. The van der Waals surface area contributed by atoms with Crippen LogP contribution in [0.15, 0.2) is 77.7 Å². The van der Waals surface area contributed by atoms with Gasteiger partial charge in [0.25, 0.3) is 5.91 Å². The number of rotatable bonds is 8. The van der Waals surface area contributed by atoms with Crippen molar-refractivity contribution in [2.24, 2.45) is 5.14 Å². The third kappa shape index (κ3) is 5.27. The molecule has 0 aromatic heterocycles. The number of primary sulfonamides is 1. The number of methoxy groups -OCH3 is 2. The molecule has 0 saturated heterocycles. The molecule has 9 heteroatoms. The Morgan fingerprint density at radius 3 is 2.11 bits per heavy atom. The fourth-order valence-corrected chi connectivity index (χ4v) is 4.40. The van der Waals surface area contributed by atoms with Crippen LogP contribution in [0.3, 0.4) is 0 Å². The highest BCUT2D eigenvalue weighted by Crippen LogP contribution is 2.38. The van der Waals surface area contributed by atoms with E-state index >= 15 is 0 Å². The molecule has 0 heterocycles. The molecule has 36 heavy (non-hydrogen) atoms. The van der Waals surface area contributed by atoms with Gasteiger partial charge in [0.15, 0.2) is 11.5 Å². The number of ether oxygens (including phenoxy) is 3. The summed E-state index contributed by atoms with van der Waals surface area (Å²) < 4.78 is 39.5. The molecule has 0 atom stereocenters. The van der Waals surface area contributed by atoms with Crippen molar-refractivity contribution >= 4 is 32.4 Å². The van der Waals surface area contributed by atoms with E-state index in [4.69, 9.17) is 19.3 Å². The van der Waals surface area contributed by atoms with E-state index in [1.807, 2.05) is 43.3 Å².